The minimum absolute atomic E-state index is 0.140. The number of carbonyl (C=O) groups excluding carboxylic acids is 1. The van der Waals surface area contributed by atoms with Crippen LogP contribution in [-0.2, 0) is 39.1 Å². The van der Waals surface area contributed by atoms with Crippen LogP contribution in [0.1, 0.15) is 23.1 Å². The molecule has 180 valence electrons. The Bertz CT molecular complexity index is 1360. The fraction of sp³-hybridized carbons (Fsp3) is 0.192. The highest BCUT2D eigenvalue weighted by Crippen LogP contribution is 2.25. The van der Waals surface area contributed by atoms with Crippen molar-refractivity contribution in [2.24, 2.45) is 0 Å². The smallest absolute Gasteiger partial charge is 0.305 e. The summed E-state index contributed by atoms with van der Waals surface area (Å²) in [5.41, 5.74) is 3.63. The quantitative estimate of drug-likeness (QED) is 0.289. The van der Waals surface area contributed by atoms with Gasteiger partial charge < -0.3 is 4.74 Å². The summed E-state index contributed by atoms with van der Waals surface area (Å²) in [5, 5.41) is 2.84. The number of aryl methyl sites for hydroxylation is 1. The molecule has 0 fully saturated rings. The van der Waals surface area contributed by atoms with Crippen LogP contribution >= 0.6 is 11.3 Å². The van der Waals surface area contributed by atoms with Crippen LogP contribution in [0.4, 0.5) is 0 Å². The van der Waals surface area contributed by atoms with Crippen molar-refractivity contribution in [3.05, 3.63) is 101 Å². The maximum absolute atomic E-state index is 13.5. The Morgan fingerprint density at radius 1 is 0.971 bits per heavy atom. The number of benzene rings is 2. The number of hydrogen-bond donors (Lipinski definition) is 0. The molecule has 2 aromatic heterocycles. The summed E-state index contributed by atoms with van der Waals surface area (Å²) in [4.78, 5) is 20.0. The lowest BCUT2D eigenvalue weighted by Gasteiger charge is -2.23. The van der Waals surface area contributed by atoms with Gasteiger partial charge in [-0.1, -0.05) is 48.5 Å². The van der Waals surface area contributed by atoms with Crippen LogP contribution < -0.4 is 0 Å². The molecule has 7 nitrogen and oxygen atoms in total. The van der Waals surface area contributed by atoms with Crippen molar-refractivity contribution in [3.8, 4) is 10.6 Å². The lowest BCUT2D eigenvalue weighted by atomic mass is 10.1. The number of methoxy groups -OCH3 is 1. The predicted molar refractivity (Wildman–Crippen MR) is 135 cm³/mol. The lowest BCUT2D eigenvalue weighted by molar-refractivity contribution is -0.140. The van der Waals surface area contributed by atoms with Gasteiger partial charge in [-0.25, -0.2) is 13.4 Å². The average molecular weight is 508 g/mol. The number of rotatable bonds is 10. The second-order valence-electron chi connectivity index (χ2n) is 7.89. The van der Waals surface area contributed by atoms with E-state index >= 15 is 0 Å². The highest BCUT2D eigenvalue weighted by atomic mass is 32.2. The number of thiazole rings is 1. The maximum atomic E-state index is 13.5. The van der Waals surface area contributed by atoms with Gasteiger partial charge in [-0.05, 0) is 35.2 Å². The molecule has 35 heavy (non-hydrogen) atoms. The minimum Gasteiger partial charge on any atom is -0.469 e. The van der Waals surface area contributed by atoms with E-state index in [1.54, 1.807) is 35.9 Å². The van der Waals surface area contributed by atoms with Crippen LogP contribution in [0.5, 0.6) is 0 Å². The molecule has 0 amide bonds. The van der Waals surface area contributed by atoms with E-state index in [1.807, 2.05) is 53.9 Å². The zero-order valence-electron chi connectivity index (χ0n) is 19.2. The van der Waals surface area contributed by atoms with Crippen LogP contribution in [0.2, 0.25) is 0 Å². The second kappa shape index (κ2) is 11.4. The molecule has 0 N–H and O–H groups in total. The van der Waals surface area contributed by atoms with Gasteiger partial charge in [-0.3, -0.25) is 9.78 Å². The first-order valence-corrected chi connectivity index (χ1v) is 13.3. The zero-order chi connectivity index (χ0) is 24.7. The molecule has 2 heterocycles. The molecule has 4 rings (SSSR count). The Balaban J connectivity index is 1.59. The van der Waals surface area contributed by atoms with Crippen molar-refractivity contribution >= 4 is 27.3 Å². The highest BCUT2D eigenvalue weighted by molar-refractivity contribution is 7.89. The fourth-order valence-corrected chi connectivity index (χ4v) is 5.66. The van der Waals surface area contributed by atoms with Gasteiger partial charge in [-0.2, -0.15) is 4.31 Å². The predicted octanol–water partition coefficient (Wildman–Crippen LogP) is 4.70. The van der Waals surface area contributed by atoms with Crippen molar-refractivity contribution in [1.82, 2.24) is 14.3 Å². The molecule has 9 heteroatoms. The number of esters is 1. The first-order chi connectivity index (χ1) is 17.0. The van der Waals surface area contributed by atoms with E-state index in [0.717, 1.165) is 27.3 Å². The molecule has 0 aliphatic rings. The summed E-state index contributed by atoms with van der Waals surface area (Å²) >= 11 is 1.55. The van der Waals surface area contributed by atoms with Crippen molar-refractivity contribution < 1.29 is 17.9 Å². The number of ether oxygens (including phenoxy) is 1. The van der Waals surface area contributed by atoms with E-state index in [2.05, 4.69) is 9.97 Å². The monoisotopic (exact) mass is 507 g/mol. The molecule has 0 spiro atoms. The first kappa shape index (κ1) is 24.7. The summed E-state index contributed by atoms with van der Waals surface area (Å²) in [7, 11) is -2.44. The summed E-state index contributed by atoms with van der Waals surface area (Å²) in [5.74, 6) is -0.280. The third-order valence-electron chi connectivity index (χ3n) is 5.46. The normalized spacial score (nSPS) is 11.5. The molecule has 0 aliphatic carbocycles. The van der Waals surface area contributed by atoms with E-state index in [0.29, 0.717) is 6.42 Å². The van der Waals surface area contributed by atoms with Crippen LogP contribution in [0.15, 0.2) is 89.5 Å². The van der Waals surface area contributed by atoms with Gasteiger partial charge in [-0.15, -0.1) is 11.3 Å². The Morgan fingerprint density at radius 3 is 2.43 bits per heavy atom. The number of nitrogens with zero attached hydrogens (tertiary/aromatic N) is 3. The van der Waals surface area contributed by atoms with Crippen LogP contribution in [0, 0.1) is 0 Å². The molecule has 2 aromatic carbocycles. The Hall–Kier alpha value is -3.40. The SMILES string of the molecule is COC(=O)CCc1cccc(CN(Cc2ccc(-c3nccs3)cc2)S(=O)(=O)c2cccnc2)c1. The molecular formula is C26H25N3O4S2. The molecule has 0 bridgehead atoms. The minimum atomic E-state index is -3.81. The van der Waals surface area contributed by atoms with Gasteiger partial charge in [0.1, 0.15) is 9.90 Å². The van der Waals surface area contributed by atoms with E-state index in [-0.39, 0.29) is 30.4 Å². The molecular weight excluding hydrogens is 482 g/mol. The van der Waals surface area contributed by atoms with Gasteiger partial charge in [0.15, 0.2) is 0 Å². The van der Waals surface area contributed by atoms with E-state index in [4.69, 9.17) is 4.74 Å². The standard InChI is InChI=1S/C26H25N3O4S2/c1-33-25(30)12-9-20-4-2-5-22(16-20)19-29(35(31,32)24-6-3-13-27-17-24)18-21-7-10-23(11-8-21)26-28-14-15-34-26/h2-8,10-11,13-17H,9,12,18-19H2,1H3. The van der Waals surface area contributed by atoms with Crippen molar-refractivity contribution in [3.63, 3.8) is 0 Å². The number of aromatic nitrogens is 2. The van der Waals surface area contributed by atoms with Gasteiger partial charge >= 0.3 is 5.97 Å². The van der Waals surface area contributed by atoms with Crippen molar-refractivity contribution in [2.75, 3.05) is 7.11 Å². The molecule has 0 atom stereocenters. The Morgan fingerprint density at radius 2 is 1.74 bits per heavy atom. The number of carbonyl (C=O) groups is 1. The first-order valence-electron chi connectivity index (χ1n) is 11.0. The Labute approximate surface area is 209 Å². The van der Waals surface area contributed by atoms with Gasteiger partial charge in [0.2, 0.25) is 10.0 Å². The van der Waals surface area contributed by atoms with E-state index in [9.17, 15) is 13.2 Å². The molecule has 0 aliphatic heterocycles. The maximum Gasteiger partial charge on any atom is 0.305 e. The van der Waals surface area contributed by atoms with Gasteiger partial charge in [0.05, 0.1) is 7.11 Å². The van der Waals surface area contributed by atoms with Crippen LogP contribution in [0.3, 0.4) is 0 Å². The average Bonchev–Trinajstić information content (AvgIpc) is 3.43. The third-order valence-corrected chi connectivity index (χ3v) is 8.06. The highest BCUT2D eigenvalue weighted by Gasteiger charge is 2.25. The summed E-state index contributed by atoms with van der Waals surface area (Å²) in [6.45, 7) is 0.374. The second-order valence-corrected chi connectivity index (χ2v) is 10.7. The van der Waals surface area contributed by atoms with Crippen molar-refractivity contribution in [1.29, 1.82) is 0 Å². The zero-order valence-corrected chi connectivity index (χ0v) is 20.8. The van der Waals surface area contributed by atoms with Crippen molar-refractivity contribution in [2.45, 2.75) is 30.8 Å². The van der Waals surface area contributed by atoms with E-state index in [1.165, 1.54) is 17.6 Å². The largest absolute Gasteiger partial charge is 0.469 e. The molecule has 0 saturated heterocycles. The Kier molecular flexibility index (Phi) is 8.02. The summed E-state index contributed by atoms with van der Waals surface area (Å²) < 4.78 is 33.3. The fourth-order valence-electron chi connectivity index (χ4n) is 3.63. The van der Waals surface area contributed by atoms with Crippen LogP contribution in [-0.4, -0.2) is 35.8 Å². The summed E-state index contributed by atoms with van der Waals surface area (Å²) in [6.07, 6.45) is 5.46. The number of hydrogen-bond acceptors (Lipinski definition) is 7. The van der Waals surface area contributed by atoms with Gasteiger partial charge in [0, 0.05) is 49.0 Å². The molecule has 4 aromatic rings. The number of pyridine rings is 1. The third kappa shape index (κ3) is 6.39. The summed E-state index contributed by atoms with van der Waals surface area (Å²) in [6, 6.07) is 18.5. The topological polar surface area (TPSA) is 89.5 Å². The van der Waals surface area contributed by atoms with E-state index < -0.39 is 10.0 Å². The van der Waals surface area contributed by atoms with Gasteiger partial charge in [0.25, 0.3) is 0 Å². The number of sulfonamides is 1. The molecule has 0 saturated carbocycles. The van der Waals surface area contributed by atoms with Crippen LogP contribution in [0.25, 0.3) is 10.6 Å². The molecule has 0 unspecified atom stereocenters. The lowest BCUT2D eigenvalue weighted by Crippen LogP contribution is -2.30. The molecule has 0 radical (unpaired) electrons.